The molecule has 0 fully saturated rings. The van der Waals surface area contributed by atoms with Gasteiger partial charge in [-0.2, -0.15) is 0 Å². The van der Waals surface area contributed by atoms with E-state index in [1.165, 1.54) is 4.09 Å². The zero-order valence-corrected chi connectivity index (χ0v) is 7.21. The lowest BCUT2D eigenvalue weighted by Gasteiger charge is -1.95. The number of rotatable bonds is 3. The number of amides is 1. The highest BCUT2D eigenvalue weighted by molar-refractivity contribution is 6.04. The van der Waals surface area contributed by atoms with Crippen molar-refractivity contribution in [1.82, 2.24) is 5.32 Å². The maximum absolute atomic E-state index is 9.98. The highest BCUT2D eigenvalue weighted by atomic mass is 35.5. The van der Waals surface area contributed by atoms with Gasteiger partial charge < -0.3 is 5.32 Å². The van der Waals surface area contributed by atoms with Crippen LogP contribution >= 0.6 is 11.8 Å². The third-order valence-electron chi connectivity index (χ3n) is 1.41. The summed E-state index contributed by atoms with van der Waals surface area (Å²) in [5.41, 5.74) is 1.65. The van der Waals surface area contributed by atoms with Crippen molar-refractivity contribution in [2.45, 2.75) is 6.54 Å². The van der Waals surface area contributed by atoms with Gasteiger partial charge in [0.05, 0.1) is 0 Å². The van der Waals surface area contributed by atoms with Crippen molar-refractivity contribution >= 4 is 18.2 Å². The molecule has 0 aliphatic carbocycles. The first-order chi connectivity index (χ1) is 5.74. The molecule has 1 radical (unpaired) electrons. The fraction of sp³-hybridized carbons (Fsp3) is 0.125. The zero-order valence-electron chi connectivity index (χ0n) is 6.46. The second-order valence-corrected chi connectivity index (χ2v) is 2.70. The van der Waals surface area contributed by atoms with Gasteiger partial charge in [-0.05, 0) is 13.0 Å². The number of nitrogens with one attached hydrogen (secondary N) is 1. The molecule has 1 rings (SSSR count). The van der Waals surface area contributed by atoms with E-state index in [-0.39, 0.29) is 0 Å². The number of hydrogen-bond acceptors (Lipinski definition) is 1. The van der Waals surface area contributed by atoms with Crippen LogP contribution in [0.15, 0.2) is 18.3 Å². The molecule has 1 aromatic rings. The molecule has 63 valence electrons. The van der Waals surface area contributed by atoms with Gasteiger partial charge in [0.25, 0.3) is 11.8 Å². The number of carbonyl (C=O) groups is 1. The van der Waals surface area contributed by atoms with E-state index in [2.05, 4.69) is 12.2 Å². The first-order valence-electron chi connectivity index (χ1n) is 3.44. The van der Waals surface area contributed by atoms with Gasteiger partial charge in [-0.1, -0.05) is 4.09 Å². The summed E-state index contributed by atoms with van der Waals surface area (Å²) in [5, 5.41) is 2.52. The Bertz CT molecular complexity index is 288. The third-order valence-corrected chi connectivity index (χ3v) is 1.72. The average molecular weight is 185 g/mol. The minimum Gasteiger partial charge on any atom is -0.348 e. The number of aromatic nitrogens is 1. The lowest BCUT2D eigenvalue weighted by Crippen LogP contribution is -2.30. The van der Waals surface area contributed by atoms with Gasteiger partial charge in [-0.15, -0.1) is 0 Å². The zero-order chi connectivity index (χ0) is 8.97. The fourth-order valence-corrected chi connectivity index (χ4v) is 1.07. The van der Waals surface area contributed by atoms with Gasteiger partial charge in [-0.25, -0.2) is 0 Å². The minimum absolute atomic E-state index is 0.424. The van der Waals surface area contributed by atoms with E-state index in [0.29, 0.717) is 13.0 Å². The Hall–Kier alpha value is -1.09. The maximum atomic E-state index is 9.98. The molecule has 3 nitrogen and oxygen atoms in total. The first kappa shape index (κ1) is 9.00. The van der Waals surface area contributed by atoms with E-state index < -0.39 is 0 Å². The Morgan fingerprint density at radius 2 is 2.42 bits per heavy atom. The second-order valence-electron chi connectivity index (χ2n) is 2.34. The van der Waals surface area contributed by atoms with Gasteiger partial charge in [0, 0.05) is 11.6 Å². The van der Waals surface area contributed by atoms with Crippen molar-refractivity contribution in [3.05, 3.63) is 36.5 Å². The monoisotopic (exact) mass is 184 g/mol. The fourth-order valence-electron chi connectivity index (χ4n) is 0.827. The molecule has 0 atom stereocenters. The summed E-state index contributed by atoms with van der Waals surface area (Å²) < 4.78 is 1.42. The van der Waals surface area contributed by atoms with E-state index in [9.17, 15) is 4.79 Å². The Kier molecular flexibility index (Phi) is 3.05. The van der Waals surface area contributed by atoms with Crippen LogP contribution in [0, 0.1) is 6.92 Å². The van der Waals surface area contributed by atoms with E-state index in [1.807, 2.05) is 12.1 Å². The largest absolute Gasteiger partial charge is 0.348 e. The van der Waals surface area contributed by atoms with Gasteiger partial charge >= 0.3 is 0 Å². The normalized spacial score (nSPS) is 9.50. The molecule has 0 aliphatic heterocycles. The van der Waals surface area contributed by atoms with Crippen molar-refractivity contribution in [2.24, 2.45) is 0 Å². The van der Waals surface area contributed by atoms with E-state index in [4.69, 9.17) is 11.8 Å². The predicted molar refractivity (Wildman–Crippen MR) is 45.3 cm³/mol. The standard InChI is InChI=1S/C8H8ClN2O/c1-7-2-3-8(4-10-6-12)11(9)5-7/h2-3,5-6H,1,4H2/p+1. The molecule has 0 aliphatic rings. The second kappa shape index (κ2) is 4.07. The number of carbonyl (C=O) groups excluding carboxylic acids is 1. The van der Waals surface area contributed by atoms with Crippen molar-refractivity contribution in [3.63, 3.8) is 0 Å². The van der Waals surface area contributed by atoms with Crippen molar-refractivity contribution in [3.8, 4) is 0 Å². The summed E-state index contributed by atoms with van der Waals surface area (Å²) in [6.07, 6.45) is 2.32. The van der Waals surface area contributed by atoms with Gasteiger partial charge in [-0.3, -0.25) is 4.79 Å². The van der Waals surface area contributed by atoms with Crippen LogP contribution in [-0.2, 0) is 11.3 Å². The summed E-state index contributed by atoms with van der Waals surface area (Å²) in [5.74, 6) is 0. The lowest BCUT2D eigenvalue weighted by atomic mass is 10.3. The van der Waals surface area contributed by atoms with Crippen molar-refractivity contribution in [2.75, 3.05) is 0 Å². The third kappa shape index (κ3) is 2.20. The molecule has 1 N–H and O–H groups in total. The first-order valence-corrected chi connectivity index (χ1v) is 3.77. The van der Waals surface area contributed by atoms with Crippen LogP contribution in [0.25, 0.3) is 0 Å². The molecule has 0 saturated heterocycles. The molecule has 12 heavy (non-hydrogen) atoms. The predicted octanol–water partition coefficient (Wildman–Crippen LogP) is 0.404. The van der Waals surface area contributed by atoms with Crippen molar-refractivity contribution < 1.29 is 8.88 Å². The van der Waals surface area contributed by atoms with E-state index in [0.717, 1.165) is 11.3 Å². The molecule has 0 spiro atoms. The summed E-state index contributed by atoms with van der Waals surface area (Å²) in [4.78, 5) is 9.98. The van der Waals surface area contributed by atoms with Crippen LogP contribution in [0.5, 0.6) is 0 Å². The van der Waals surface area contributed by atoms with Crippen molar-refractivity contribution in [1.29, 1.82) is 0 Å². The molecule has 4 heteroatoms. The summed E-state index contributed by atoms with van der Waals surface area (Å²) in [6, 6.07) is 3.65. The summed E-state index contributed by atoms with van der Waals surface area (Å²) in [7, 11) is 0. The van der Waals surface area contributed by atoms with Crippen LogP contribution in [0.2, 0.25) is 0 Å². The average Bonchev–Trinajstić information content (AvgIpc) is 2.03. The van der Waals surface area contributed by atoms with E-state index in [1.54, 1.807) is 6.20 Å². The maximum Gasteiger partial charge on any atom is 0.268 e. The molecular weight excluding hydrogens is 176 g/mol. The molecule has 1 amide bonds. The molecular formula is C8H9ClN2O+. The SMILES string of the molecule is [CH2]c1ccc(CNC=O)[n+](Cl)c1. The minimum atomic E-state index is 0.424. The Morgan fingerprint density at radius 1 is 1.67 bits per heavy atom. The summed E-state index contributed by atoms with van der Waals surface area (Å²) in [6.45, 7) is 4.13. The molecule has 0 saturated carbocycles. The molecule has 0 bridgehead atoms. The topological polar surface area (TPSA) is 33.0 Å². The number of halogens is 1. The Balaban J connectivity index is 2.78. The smallest absolute Gasteiger partial charge is 0.268 e. The van der Waals surface area contributed by atoms with E-state index >= 15 is 0 Å². The van der Waals surface area contributed by atoms with Crippen LogP contribution in [-0.4, -0.2) is 6.41 Å². The molecule has 0 aromatic carbocycles. The van der Waals surface area contributed by atoms with Crippen LogP contribution < -0.4 is 9.40 Å². The number of nitrogens with zero attached hydrogens (tertiary/aromatic N) is 1. The highest BCUT2D eigenvalue weighted by Gasteiger charge is 2.07. The molecule has 0 unspecified atom stereocenters. The lowest BCUT2D eigenvalue weighted by molar-refractivity contribution is -0.529. The summed E-state index contributed by atoms with van der Waals surface area (Å²) >= 11 is 5.79. The number of hydrogen-bond donors (Lipinski definition) is 1. The Labute approximate surface area is 76.1 Å². The quantitative estimate of drug-likeness (QED) is 0.678. The van der Waals surface area contributed by atoms with Gasteiger partial charge in [0.2, 0.25) is 12.1 Å². The molecule has 1 heterocycles. The molecule has 1 aromatic heterocycles. The number of pyridine rings is 1. The Morgan fingerprint density at radius 3 is 3.00 bits per heavy atom. The van der Waals surface area contributed by atoms with Gasteiger partial charge in [0.1, 0.15) is 6.54 Å². The van der Waals surface area contributed by atoms with Crippen LogP contribution in [0.4, 0.5) is 0 Å². The van der Waals surface area contributed by atoms with Gasteiger partial charge in [0.15, 0.2) is 6.20 Å². The van der Waals surface area contributed by atoms with Crippen LogP contribution in [0.1, 0.15) is 11.3 Å². The highest BCUT2D eigenvalue weighted by Crippen LogP contribution is 1.96. The van der Waals surface area contributed by atoms with Crippen LogP contribution in [0.3, 0.4) is 0 Å².